The summed E-state index contributed by atoms with van der Waals surface area (Å²) in [5.41, 5.74) is 0.123. The third-order valence-electron chi connectivity index (χ3n) is 5.56. The van der Waals surface area contributed by atoms with Crippen molar-refractivity contribution >= 4 is 23.6 Å². The Hall–Kier alpha value is -1.64. The van der Waals surface area contributed by atoms with Crippen LogP contribution in [0.3, 0.4) is 0 Å². The Bertz CT molecular complexity index is 670. The lowest BCUT2D eigenvalue weighted by atomic mass is 9.62. The quantitative estimate of drug-likeness (QED) is 0.760. The molecule has 26 heavy (non-hydrogen) atoms. The van der Waals surface area contributed by atoms with Gasteiger partial charge in [0.05, 0.1) is 5.75 Å². The van der Waals surface area contributed by atoms with Gasteiger partial charge in [0, 0.05) is 25.6 Å². The van der Waals surface area contributed by atoms with Gasteiger partial charge >= 0.3 is 0 Å². The average molecular weight is 381 g/mol. The zero-order valence-electron chi connectivity index (χ0n) is 15.9. The van der Waals surface area contributed by atoms with Crippen molar-refractivity contribution < 1.29 is 9.59 Å². The molecule has 0 bridgehead atoms. The van der Waals surface area contributed by atoms with Crippen LogP contribution < -0.4 is 10.6 Å². The number of aryl methyl sites for hydroxylation is 1. The number of nitrogens with one attached hydrogen (secondary N) is 2. The normalized spacial score (nSPS) is 29.0. The van der Waals surface area contributed by atoms with E-state index in [9.17, 15) is 9.59 Å². The SMILES string of the molecule is Cn1nnnc1SCC(=O)NC1CCC2C(C1)NC(=O)CC2C(C)(C)C. The number of thioether (sulfide) groups is 1. The van der Waals surface area contributed by atoms with Gasteiger partial charge in [-0.1, -0.05) is 32.5 Å². The number of tetrazole rings is 1. The smallest absolute Gasteiger partial charge is 0.230 e. The highest BCUT2D eigenvalue weighted by Gasteiger charge is 2.45. The van der Waals surface area contributed by atoms with Crippen LogP contribution in [0.4, 0.5) is 0 Å². The number of amides is 2. The fraction of sp³-hybridized carbons (Fsp3) is 0.824. The zero-order chi connectivity index (χ0) is 18.9. The lowest BCUT2D eigenvalue weighted by Gasteiger charge is -2.48. The molecule has 3 rings (SSSR count). The molecule has 1 aromatic heterocycles. The molecule has 2 aliphatic rings. The van der Waals surface area contributed by atoms with Gasteiger partial charge in [0.15, 0.2) is 0 Å². The summed E-state index contributed by atoms with van der Waals surface area (Å²) in [5, 5.41) is 18.1. The number of hydrogen-bond donors (Lipinski definition) is 2. The van der Waals surface area contributed by atoms with Crippen molar-refractivity contribution in [3.05, 3.63) is 0 Å². The van der Waals surface area contributed by atoms with Crippen LogP contribution in [0.1, 0.15) is 46.5 Å². The summed E-state index contributed by atoms with van der Waals surface area (Å²) in [4.78, 5) is 24.4. The summed E-state index contributed by atoms with van der Waals surface area (Å²) in [5.74, 6) is 1.31. The highest BCUT2D eigenvalue weighted by Crippen LogP contribution is 2.44. The van der Waals surface area contributed by atoms with Gasteiger partial charge in [-0.15, -0.1) is 5.10 Å². The minimum absolute atomic E-state index is 0.0176. The molecular formula is C17H28N6O2S. The van der Waals surface area contributed by atoms with E-state index in [0.29, 0.717) is 23.4 Å². The van der Waals surface area contributed by atoms with Crippen LogP contribution >= 0.6 is 11.8 Å². The standard InChI is InChI=1S/C17H28N6O2S/c1-17(2,3)12-8-14(24)19-13-7-10(5-6-11(12)13)18-15(25)9-26-16-20-21-22-23(16)4/h10-13H,5-9H2,1-4H3,(H,18,25)(H,19,24). The highest BCUT2D eigenvalue weighted by atomic mass is 32.2. The van der Waals surface area contributed by atoms with E-state index in [4.69, 9.17) is 0 Å². The molecule has 4 unspecified atom stereocenters. The number of carbonyl (C=O) groups is 2. The van der Waals surface area contributed by atoms with E-state index in [1.165, 1.54) is 11.8 Å². The molecule has 0 spiro atoms. The molecule has 2 amide bonds. The van der Waals surface area contributed by atoms with Crippen molar-refractivity contribution in [2.45, 2.75) is 63.7 Å². The van der Waals surface area contributed by atoms with Crippen molar-refractivity contribution in [2.24, 2.45) is 24.3 Å². The van der Waals surface area contributed by atoms with Crippen molar-refractivity contribution in [3.63, 3.8) is 0 Å². The maximum Gasteiger partial charge on any atom is 0.230 e. The van der Waals surface area contributed by atoms with Crippen LogP contribution in [0.2, 0.25) is 0 Å². The molecule has 0 radical (unpaired) electrons. The van der Waals surface area contributed by atoms with Crippen LogP contribution in [0, 0.1) is 17.3 Å². The second-order valence-electron chi connectivity index (χ2n) is 8.47. The molecule has 144 valence electrons. The molecule has 1 aliphatic heterocycles. The Labute approximate surface area is 158 Å². The number of piperidine rings is 1. The summed E-state index contributed by atoms with van der Waals surface area (Å²) in [6, 6.07) is 0.274. The van der Waals surface area contributed by atoms with E-state index in [-0.39, 0.29) is 35.1 Å². The summed E-state index contributed by atoms with van der Waals surface area (Å²) >= 11 is 1.32. The third-order valence-corrected chi connectivity index (χ3v) is 6.57. The minimum atomic E-state index is -0.0176. The predicted molar refractivity (Wildman–Crippen MR) is 98.3 cm³/mol. The number of hydrogen-bond acceptors (Lipinski definition) is 6. The maximum absolute atomic E-state index is 12.3. The molecule has 8 nitrogen and oxygen atoms in total. The van der Waals surface area contributed by atoms with Gasteiger partial charge in [-0.25, -0.2) is 4.68 Å². The van der Waals surface area contributed by atoms with Crippen LogP contribution in [0.5, 0.6) is 0 Å². The fourth-order valence-electron chi connectivity index (χ4n) is 4.28. The Morgan fingerprint density at radius 2 is 2.15 bits per heavy atom. The van der Waals surface area contributed by atoms with Crippen molar-refractivity contribution in [2.75, 3.05) is 5.75 Å². The highest BCUT2D eigenvalue weighted by molar-refractivity contribution is 7.99. The van der Waals surface area contributed by atoms with Gasteiger partial charge in [0.25, 0.3) is 0 Å². The second-order valence-corrected chi connectivity index (χ2v) is 9.41. The van der Waals surface area contributed by atoms with Crippen LogP contribution in [0.15, 0.2) is 5.16 Å². The Morgan fingerprint density at radius 3 is 2.81 bits per heavy atom. The molecule has 0 aromatic carbocycles. The van der Waals surface area contributed by atoms with Gasteiger partial charge in [0.1, 0.15) is 0 Å². The third kappa shape index (κ3) is 4.36. The Balaban J connectivity index is 1.53. The van der Waals surface area contributed by atoms with Crippen molar-refractivity contribution in [3.8, 4) is 0 Å². The molecule has 2 N–H and O–H groups in total. The number of rotatable bonds is 4. The lowest BCUT2D eigenvalue weighted by molar-refractivity contribution is -0.130. The summed E-state index contributed by atoms with van der Waals surface area (Å²) in [7, 11) is 1.75. The topological polar surface area (TPSA) is 102 Å². The molecule has 2 fully saturated rings. The van der Waals surface area contributed by atoms with Crippen LogP contribution in [0.25, 0.3) is 0 Å². The molecule has 9 heteroatoms. The first-order chi connectivity index (χ1) is 12.2. The molecule has 4 atom stereocenters. The van der Waals surface area contributed by atoms with Gasteiger partial charge in [-0.2, -0.15) is 0 Å². The Kier molecular flexibility index (Phi) is 5.55. The molecule has 1 saturated heterocycles. The van der Waals surface area contributed by atoms with Gasteiger partial charge in [-0.05, 0) is 46.9 Å². The van der Waals surface area contributed by atoms with E-state index in [0.717, 1.165) is 19.3 Å². The van der Waals surface area contributed by atoms with Gasteiger partial charge in [0.2, 0.25) is 17.0 Å². The van der Waals surface area contributed by atoms with E-state index in [1.54, 1.807) is 11.7 Å². The van der Waals surface area contributed by atoms with E-state index in [2.05, 4.69) is 46.9 Å². The molecule has 1 aliphatic carbocycles. The number of nitrogens with zero attached hydrogens (tertiary/aromatic N) is 4. The second kappa shape index (κ2) is 7.54. The number of aromatic nitrogens is 4. The lowest BCUT2D eigenvalue weighted by Crippen LogP contribution is -2.57. The minimum Gasteiger partial charge on any atom is -0.353 e. The van der Waals surface area contributed by atoms with E-state index in [1.807, 2.05) is 0 Å². The first-order valence-electron chi connectivity index (χ1n) is 9.18. The van der Waals surface area contributed by atoms with Crippen LogP contribution in [-0.2, 0) is 16.6 Å². The van der Waals surface area contributed by atoms with Gasteiger partial charge in [-0.3, -0.25) is 9.59 Å². The van der Waals surface area contributed by atoms with Crippen molar-refractivity contribution in [1.29, 1.82) is 0 Å². The molecule has 1 saturated carbocycles. The summed E-state index contributed by atoms with van der Waals surface area (Å²) in [6.45, 7) is 6.67. The first kappa shape index (κ1) is 19.1. The summed E-state index contributed by atoms with van der Waals surface area (Å²) < 4.78 is 1.55. The average Bonchev–Trinajstić information content (AvgIpc) is 2.96. The van der Waals surface area contributed by atoms with Crippen molar-refractivity contribution in [1.82, 2.24) is 30.8 Å². The van der Waals surface area contributed by atoms with E-state index < -0.39 is 0 Å². The monoisotopic (exact) mass is 380 g/mol. The molecular weight excluding hydrogens is 352 g/mol. The number of carbonyl (C=O) groups excluding carboxylic acids is 2. The van der Waals surface area contributed by atoms with Gasteiger partial charge < -0.3 is 10.6 Å². The fourth-order valence-corrected chi connectivity index (χ4v) is 4.94. The van der Waals surface area contributed by atoms with E-state index >= 15 is 0 Å². The maximum atomic E-state index is 12.3. The zero-order valence-corrected chi connectivity index (χ0v) is 16.7. The first-order valence-corrected chi connectivity index (χ1v) is 10.2. The largest absolute Gasteiger partial charge is 0.353 e. The Morgan fingerprint density at radius 1 is 1.38 bits per heavy atom. The van der Waals surface area contributed by atoms with Crippen LogP contribution in [-0.4, -0.2) is 49.9 Å². The molecule has 2 heterocycles. The predicted octanol–water partition coefficient (Wildman–Crippen LogP) is 1.14. The number of fused-ring (bicyclic) bond motifs is 1. The summed E-state index contributed by atoms with van der Waals surface area (Å²) in [6.07, 6.45) is 3.43. The molecule has 1 aromatic rings.